The molecule has 1 amide bonds. The second-order valence-electron chi connectivity index (χ2n) is 7.64. The molecule has 28 heavy (non-hydrogen) atoms. The maximum absolute atomic E-state index is 13.2. The number of sulfonamides is 1. The molecule has 1 aromatic heterocycles. The van der Waals surface area contributed by atoms with Crippen LogP contribution < -0.4 is 5.32 Å². The molecule has 3 aliphatic heterocycles. The lowest BCUT2D eigenvalue weighted by Gasteiger charge is -2.43. The predicted molar refractivity (Wildman–Crippen MR) is 107 cm³/mol. The van der Waals surface area contributed by atoms with E-state index in [0.717, 1.165) is 12.0 Å². The number of nitrogens with zero attached hydrogens (tertiary/aromatic N) is 1. The number of fused-ring (bicyclic) bond motifs is 3. The fraction of sp³-hybridized carbons (Fsp3) is 0.450. The molecule has 5 rings (SSSR count). The van der Waals surface area contributed by atoms with Crippen LogP contribution in [-0.4, -0.2) is 38.3 Å². The lowest BCUT2D eigenvalue weighted by molar-refractivity contribution is -0.116. The summed E-state index contributed by atoms with van der Waals surface area (Å²) in [4.78, 5) is 13.1. The first-order valence-electron chi connectivity index (χ1n) is 9.62. The second kappa shape index (κ2) is 6.66. The molecule has 1 saturated heterocycles. The molecule has 1 N–H and O–H groups in total. The molecule has 2 aromatic rings. The molecule has 0 radical (unpaired) electrons. The summed E-state index contributed by atoms with van der Waals surface area (Å²) >= 11 is 1.72. The Balaban J connectivity index is 1.38. The number of thiophene rings is 1. The van der Waals surface area contributed by atoms with Crippen LogP contribution in [0.4, 0.5) is 5.69 Å². The Bertz CT molecular complexity index is 1040. The Hall–Kier alpha value is -1.74. The van der Waals surface area contributed by atoms with Gasteiger partial charge in [0, 0.05) is 30.1 Å². The smallest absolute Gasteiger partial charge is 0.243 e. The fourth-order valence-electron chi connectivity index (χ4n) is 4.48. The number of aryl methyl sites for hydroxylation is 1. The van der Waals surface area contributed by atoms with E-state index < -0.39 is 10.0 Å². The van der Waals surface area contributed by atoms with Crippen LogP contribution in [0.3, 0.4) is 0 Å². The van der Waals surface area contributed by atoms with Gasteiger partial charge in [-0.25, -0.2) is 8.42 Å². The van der Waals surface area contributed by atoms with Gasteiger partial charge >= 0.3 is 0 Å². The maximum atomic E-state index is 13.2. The third kappa shape index (κ3) is 2.90. The SMILES string of the molecule is O=C1CCc2cc(S(=O)(=O)N3CCC4(CC3)OCCc3ccsc34)ccc2N1. The molecular weight excluding hydrogens is 396 g/mol. The van der Waals surface area contributed by atoms with Gasteiger partial charge in [0.25, 0.3) is 0 Å². The van der Waals surface area contributed by atoms with Crippen LogP contribution in [0, 0.1) is 0 Å². The molecule has 1 fully saturated rings. The zero-order valence-corrected chi connectivity index (χ0v) is 17.1. The summed E-state index contributed by atoms with van der Waals surface area (Å²) in [6, 6.07) is 7.17. The normalized spacial score (nSPS) is 21.8. The summed E-state index contributed by atoms with van der Waals surface area (Å²) in [5.74, 6) is -0.0233. The number of rotatable bonds is 2. The number of ether oxygens (including phenoxy) is 1. The third-order valence-electron chi connectivity index (χ3n) is 6.05. The number of hydrogen-bond donors (Lipinski definition) is 1. The molecule has 0 bridgehead atoms. The van der Waals surface area contributed by atoms with Crippen LogP contribution in [0.15, 0.2) is 34.5 Å². The monoisotopic (exact) mass is 418 g/mol. The first kappa shape index (κ1) is 18.3. The molecule has 3 aliphatic rings. The molecule has 6 nitrogen and oxygen atoms in total. The van der Waals surface area contributed by atoms with Crippen molar-refractivity contribution < 1.29 is 17.9 Å². The lowest BCUT2D eigenvalue weighted by atomic mass is 9.86. The topological polar surface area (TPSA) is 75.7 Å². The maximum Gasteiger partial charge on any atom is 0.243 e. The first-order chi connectivity index (χ1) is 13.5. The van der Waals surface area contributed by atoms with Gasteiger partial charge in [0.15, 0.2) is 0 Å². The molecule has 4 heterocycles. The standard InChI is InChI=1S/C20H22N2O4S2/c23-18-4-1-15-13-16(2-3-17(15)21-18)28(24,25)22-9-7-20(8-10-22)19-14(5-11-26-20)6-12-27-19/h2-3,6,12-13H,1,4-5,7-11H2,(H,21,23). The highest BCUT2D eigenvalue weighted by Crippen LogP contribution is 2.45. The van der Waals surface area contributed by atoms with Gasteiger partial charge in [0.2, 0.25) is 15.9 Å². The first-order valence-corrected chi connectivity index (χ1v) is 11.9. The summed E-state index contributed by atoms with van der Waals surface area (Å²) in [6.07, 6.45) is 3.27. The van der Waals surface area contributed by atoms with Crippen molar-refractivity contribution in [2.45, 2.75) is 42.6 Å². The highest BCUT2D eigenvalue weighted by molar-refractivity contribution is 7.89. The van der Waals surface area contributed by atoms with Gasteiger partial charge in [-0.15, -0.1) is 11.3 Å². The van der Waals surface area contributed by atoms with Gasteiger partial charge in [0.1, 0.15) is 5.60 Å². The average molecular weight is 419 g/mol. The molecule has 1 aromatic carbocycles. The van der Waals surface area contributed by atoms with Crippen molar-refractivity contribution in [2.75, 3.05) is 25.0 Å². The van der Waals surface area contributed by atoms with Crippen LogP contribution in [0.5, 0.6) is 0 Å². The van der Waals surface area contributed by atoms with Gasteiger partial charge in [0.05, 0.1) is 11.5 Å². The van der Waals surface area contributed by atoms with Crippen LogP contribution in [0.2, 0.25) is 0 Å². The molecule has 148 valence electrons. The van der Waals surface area contributed by atoms with Gasteiger partial charge in [-0.1, -0.05) is 0 Å². The quantitative estimate of drug-likeness (QED) is 0.814. The fourth-order valence-corrected chi connectivity index (χ4v) is 7.14. The molecule has 0 unspecified atom stereocenters. The Morgan fingerprint density at radius 2 is 1.89 bits per heavy atom. The Morgan fingerprint density at radius 1 is 1.07 bits per heavy atom. The van der Waals surface area contributed by atoms with E-state index in [2.05, 4.69) is 16.8 Å². The number of carbonyl (C=O) groups excluding carboxylic acids is 1. The van der Waals surface area contributed by atoms with Crippen molar-refractivity contribution in [1.29, 1.82) is 0 Å². The number of carbonyl (C=O) groups is 1. The number of amides is 1. The highest BCUT2D eigenvalue weighted by Gasteiger charge is 2.44. The van der Waals surface area contributed by atoms with E-state index in [1.54, 1.807) is 33.8 Å². The van der Waals surface area contributed by atoms with Gasteiger partial charge < -0.3 is 10.1 Å². The Kier molecular flexibility index (Phi) is 4.35. The number of anilines is 1. The lowest BCUT2D eigenvalue weighted by Crippen LogP contribution is -2.47. The van der Waals surface area contributed by atoms with Crippen molar-refractivity contribution in [3.05, 3.63) is 45.6 Å². The van der Waals surface area contributed by atoms with Crippen molar-refractivity contribution in [1.82, 2.24) is 4.31 Å². The Morgan fingerprint density at radius 3 is 2.71 bits per heavy atom. The van der Waals surface area contributed by atoms with E-state index in [1.165, 1.54) is 10.4 Å². The van der Waals surface area contributed by atoms with Crippen LogP contribution in [-0.2, 0) is 38.0 Å². The molecule has 0 aliphatic carbocycles. The van der Waals surface area contributed by atoms with E-state index in [1.807, 2.05) is 0 Å². The van der Waals surface area contributed by atoms with Crippen LogP contribution >= 0.6 is 11.3 Å². The number of hydrogen-bond acceptors (Lipinski definition) is 5. The van der Waals surface area contributed by atoms with Gasteiger partial charge in [-0.3, -0.25) is 4.79 Å². The van der Waals surface area contributed by atoms with Gasteiger partial charge in [-0.2, -0.15) is 4.31 Å². The average Bonchev–Trinajstić information content (AvgIpc) is 3.18. The number of piperidine rings is 1. The minimum absolute atomic E-state index is 0.0233. The molecule has 0 atom stereocenters. The number of benzene rings is 1. The van der Waals surface area contributed by atoms with E-state index in [-0.39, 0.29) is 11.5 Å². The van der Waals surface area contributed by atoms with E-state index >= 15 is 0 Å². The van der Waals surface area contributed by atoms with Crippen molar-refractivity contribution in [3.8, 4) is 0 Å². The van der Waals surface area contributed by atoms with Crippen molar-refractivity contribution in [2.24, 2.45) is 0 Å². The third-order valence-corrected chi connectivity index (χ3v) is 9.09. The summed E-state index contributed by atoms with van der Waals surface area (Å²) in [7, 11) is -3.56. The van der Waals surface area contributed by atoms with E-state index in [4.69, 9.17) is 4.74 Å². The predicted octanol–water partition coefficient (Wildman–Crippen LogP) is 2.89. The zero-order chi connectivity index (χ0) is 19.4. The minimum Gasteiger partial charge on any atom is -0.369 e. The van der Waals surface area contributed by atoms with E-state index in [0.29, 0.717) is 56.0 Å². The number of nitrogens with one attached hydrogen (secondary N) is 1. The summed E-state index contributed by atoms with van der Waals surface area (Å²) in [6.45, 7) is 1.61. The highest BCUT2D eigenvalue weighted by atomic mass is 32.2. The molecule has 8 heteroatoms. The van der Waals surface area contributed by atoms with Crippen LogP contribution in [0.25, 0.3) is 0 Å². The zero-order valence-electron chi connectivity index (χ0n) is 15.4. The van der Waals surface area contributed by atoms with Gasteiger partial charge in [-0.05, 0) is 66.5 Å². The second-order valence-corrected chi connectivity index (χ2v) is 10.5. The minimum atomic E-state index is -3.56. The molecule has 1 spiro atoms. The molecule has 0 saturated carbocycles. The van der Waals surface area contributed by atoms with Crippen molar-refractivity contribution >= 4 is 33.0 Å². The Labute approximate surface area is 168 Å². The largest absolute Gasteiger partial charge is 0.369 e. The summed E-state index contributed by atoms with van der Waals surface area (Å²) < 4.78 is 34.2. The van der Waals surface area contributed by atoms with E-state index in [9.17, 15) is 13.2 Å². The van der Waals surface area contributed by atoms with Crippen LogP contribution in [0.1, 0.15) is 35.3 Å². The summed E-state index contributed by atoms with van der Waals surface area (Å²) in [5, 5.41) is 4.91. The molecular formula is C20H22N2O4S2. The summed E-state index contributed by atoms with van der Waals surface area (Å²) in [5.41, 5.74) is 2.62. The van der Waals surface area contributed by atoms with Crippen molar-refractivity contribution in [3.63, 3.8) is 0 Å².